The van der Waals surface area contributed by atoms with Crippen molar-refractivity contribution >= 4 is 17.5 Å². The molecule has 0 spiro atoms. The van der Waals surface area contributed by atoms with E-state index in [-0.39, 0.29) is 24.3 Å². The molecule has 2 aliphatic rings. The number of primary amides is 1. The SMILES string of the molecule is Cc1ccc(CN(c2ncnc(NCC3CCN(CC(N)=O)CC3(C)O)c2F)C2CC2)cc1. The Morgan fingerprint density at radius 2 is 2.03 bits per heavy atom. The van der Waals surface area contributed by atoms with Crippen LogP contribution in [0.15, 0.2) is 30.6 Å². The molecule has 1 aliphatic heterocycles. The maximum absolute atomic E-state index is 15.5. The number of nitrogens with zero attached hydrogens (tertiary/aromatic N) is 4. The number of amides is 1. The van der Waals surface area contributed by atoms with Crippen LogP contribution in [0.4, 0.5) is 16.0 Å². The van der Waals surface area contributed by atoms with Crippen molar-refractivity contribution in [3.05, 3.63) is 47.5 Å². The summed E-state index contributed by atoms with van der Waals surface area (Å²) < 4.78 is 15.5. The van der Waals surface area contributed by atoms with Crippen molar-refractivity contribution in [2.75, 3.05) is 36.4 Å². The van der Waals surface area contributed by atoms with E-state index >= 15 is 4.39 Å². The maximum Gasteiger partial charge on any atom is 0.231 e. The lowest BCUT2D eigenvalue weighted by Crippen LogP contribution is -2.55. The molecule has 1 aromatic carbocycles. The summed E-state index contributed by atoms with van der Waals surface area (Å²) in [4.78, 5) is 23.5. The summed E-state index contributed by atoms with van der Waals surface area (Å²) in [5, 5.41) is 14.0. The highest BCUT2D eigenvalue weighted by atomic mass is 19.1. The minimum atomic E-state index is -1.03. The van der Waals surface area contributed by atoms with Crippen molar-refractivity contribution in [1.82, 2.24) is 14.9 Å². The van der Waals surface area contributed by atoms with Crippen LogP contribution in [-0.4, -0.2) is 63.7 Å². The van der Waals surface area contributed by atoms with Gasteiger partial charge in [-0.15, -0.1) is 0 Å². The number of β-amino-alcohol motifs (C(OH)–C–C–N with tert-alkyl or cyclic N) is 1. The van der Waals surface area contributed by atoms with E-state index in [9.17, 15) is 9.90 Å². The van der Waals surface area contributed by atoms with E-state index in [4.69, 9.17) is 5.73 Å². The van der Waals surface area contributed by atoms with Crippen molar-refractivity contribution in [3.8, 4) is 0 Å². The molecular weight excluding hydrogens is 423 g/mol. The predicted molar refractivity (Wildman–Crippen MR) is 125 cm³/mol. The van der Waals surface area contributed by atoms with Gasteiger partial charge in [0.1, 0.15) is 6.33 Å². The lowest BCUT2D eigenvalue weighted by atomic mass is 9.82. The summed E-state index contributed by atoms with van der Waals surface area (Å²) in [5.74, 6) is -0.554. The molecule has 0 radical (unpaired) electrons. The summed E-state index contributed by atoms with van der Waals surface area (Å²) in [6.45, 7) is 5.85. The molecule has 4 N–H and O–H groups in total. The van der Waals surface area contributed by atoms with Gasteiger partial charge < -0.3 is 21.1 Å². The Kier molecular flexibility index (Phi) is 6.81. The molecule has 4 rings (SSSR count). The van der Waals surface area contributed by atoms with Gasteiger partial charge in [0, 0.05) is 31.6 Å². The second-order valence-corrected chi connectivity index (χ2v) is 9.61. The van der Waals surface area contributed by atoms with Gasteiger partial charge in [0.15, 0.2) is 11.6 Å². The first-order valence-corrected chi connectivity index (χ1v) is 11.5. The lowest BCUT2D eigenvalue weighted by Gasteiger charge is -2.42. The van der Waals surface area contributed by atoms with Crippen LogP contribution < -0.4 is 16.0 Å². The third-order valence-corrected chi connectivity index (χ3v) is 6.62. The first-order chi connectivity index (χ1) is 15.7. The molecule has 2 unspecified atom stereocenters. The van der Waals surface area contributed by atoms with Gasteiger partial charge in [-0.05, 0) is 45.2 Å². The number of aryl methyl sites for hydroxylation is 1. The largest absolute Gasteiger partial charge is 0.388 e. The predicted octanol–water partition coefficient (Wildman–Crippen LogP) is 2.06. The highest BCUT2D eigenvalue weighted by molar-refractivity contribution is 5.75. The van der Waals surface area contributed by atoms with E-state index in [0.717, 1.165) is 18.4 Å². The first-order valence-electron chi connectivity index (χ1n) is 11.5. The van der Waals surface area contributed by atoms with Gasteiger partial charge in [0.05, 0.1) is 12.1 Å². The van der Waals surface area contributed by atoms with Gasteiger partial charge in [-0.3, -0.25) is 9.69 Å². The Bertz CT molecular complexity index is 979. The average Bonchev–Trinajstić information content (AvgIpc) is 3.58. The zero-order valence-corrected chi connectivity index (χ0v) is 19.3. The topological polar surface area (TPSA) is 108 Å². The minimum absolute atomic E-state index is 0.119. The maximum atomic E-state index is 15.5. The fourth-order valence-corrected chi connectivity index (χ4v) is 4.54. The van der Waals surface area contributed by atoms with E-state index < -0.39 is 17.3 Å². The first kappa shape index (κ1) is 23.4. The molecule has 0 bridgehead atoms. The zero-order valence-electron chi connectivity index (χ0n) is 19.3. The van der Waals surface area contributed by atoms with Crippen molar-refractivity contribution in [2.24, 2.45) is 11.7 Å². The quantitative estimate of drug-likeness (QED) is 0.530. The number of carbonyl (C=O) groups excluding carboxylic acids is 1. The molecule has 2 atom stereocenters. The minimum Gasteiger partial charge on any atom is -0.388 e. The van der Waals surface area contributed by atoms with Gasteiger partial charge in [-0.25, -0.2) is 9.97 Å². The van der Waals surface area contributed by atoms with Gasteiger partial charge in [-0.2, -0.15) is 4.39 Å². The molecule has 1 aliphatic carbocycles. The molecular formula is C24H33FN6O2. The Balaban J connectivity index is 1.44. The number of piperidine rings is 1. The summed E-state index contributed by atoms with van der Waals surface area (Å²) in [7, 11) is 0. The molecule has 8 nitrogen and oxygen atoms in total. The lowest BCUT2D eigenvalue weighted by molar-refractivity contribution is -0.121. The smallest absolute Gasteiger partial charge is 0.231 e. The third kappa shape index (κ3) is 5.78. The number of hydrogen-bond donors (Lipinski definition) is 3. The van der Waals surface area contributed by atoms with Gasteiger partial charge in [-0.1, -0.05) is 29.8 Å². The van der Waals surface area contributed by atoms with Crippen LogP contribution in [-0.2, 0) is 11.3 Å². The van der Waals surface area contributed by atoms with Crippen LogP contribution in [0.1, 0.15) is 37.3 Å². The second kappa shape index (κ2) is 9.61. The number of anilines is 2. The molecule has 2 aromatic rings. The standard InChI is InChI=1S/C24H33FN6O2/c1-16-3-5-17(6-4-16)12-31(19-7-8-19)23-21(25)22(28-15-29-23)27-11-18-9-10-30(13-20(26)32)14-24(18,2)33/h3-6,15,18-19,33H,7-14H2,1-2H3,(H2,26,32)(H,27,28,29). The van der Waals surface area contributed by atoms with Crippen LogP contribution in [0.3, 0.4) is 0 Å². The van der Waals surface area contributed by atoms with Gasteiger partial charge >= 0.3 is 0 Å². The number of aromatic nitrogens is 2. The third-order valence-electron chi connectivity index (χ3n) is 6.62. The Morgan fingerprint density at radius 3 is 2.67 bits per heavy atom. The number of aliphatic hydroxyl groups is 1. The van der Waals surface area contributed by atoms with E-state index in [1.807, 2.05) is 16.7 Å². The number of benzene rings is 1. The number of hydrogen-bond acceptors (Lipinski definition) is 7. The number of carbonyl (C=O) groups is 1. The Labute approximate surface area is 194 Å². The fourth-order valence-electron chi connectivity index (χ4n) is 4.54. The van der Waals surface area contributed by atoms with Crippen molar-refractivity contribution in [3.63, 3.8) is 0 Å². The normalized spacial score (nSPS) is 23.3. The molecule has 2 fully saturated rings. The van der Waals surface area contributed by atoms with Gasteiger partial charge in [0.2, 0.25) is 11.7 Å². The number of nitrogens with one attached hydrogen (secondary N) is 1. The summed E-state index contributed by atoms with van der Waals surface area (Å²) >= 11 is 0. The summed E-state index contributed by atoms with van der Waals surface area (Å²) in [6.07, 6.45) is 4.09. The van der Waals surface area contributed by atoms with Crippen molar-refractivity contribution in [1.29, 1.82) is 0 Å². The highest BCUT2D eigenvalue weighted by Gasteiger charge is 2.38. The van der Waals surface area contributed by atoms with Gasteiger partial charge in [0.25, 0.3) is 0 Å². The Morgan fingerprint density at radius 1 is 1.30 bits per heavy atom. The molecule has 9 heteroatoms. The molecule has 2 heterocycles. The van der Waals surface area contributed by atoms with Crippen LogP contribution >= 0.6 is 0 Å². The average molecular weight is 457 g/mol. The number of rotatable bonds is 9. The Hall–Kier alpha value is -2.78. The summed E-state index contributed by atoms with van der Waals surface area (Å²) in [6, 6.07) is 8.53. The van der Waals surface area contributed by atoms with Crippen LogP contribution in [0.2, 0.25) is 0 Å². The molecule has 1 saturated carbocycles. The van der Waals surface area contributed by atoms with E-state index in [1.54, 1.807) is 6.92 Å². The molecule has 1 aromatic heterocycles. The van der Waals surface area contributed by atoms with Crippen molar-refractivity contribution < 1.29 is 14.3 Å². The van der Waals surface area contributed by atoms with Crippen LogP contribution in [0.25, 0.3) is 0 Å². The second-order valence-electron chi connectivity index (χ2n) is 9.61. The van der Waals surface area contributed by atoms with Crippen LogP contribution in [0, 0.1) is 18.7 Å². The number of likely N-dealkylation sites (tertiary alicyclic amines) is 1. The monoisotopic (exact) mass is 456 g/mol. The summed E-state index contributed by atoms with van der Waals surface area (Å²) in [5.41, 5.74) is 6.55. The van der Waals surface area contributed by atoms with E-state index in [0.29, 0.717) is 38.4 Å². The van der Waals surface area contributed by atoms with Crippen LogP contribution in [0.5, 0.6) is 0 Å². The molecule has 178 valence electrons. The number of halogens is 1. The van der Waals surface area contributed by atoms with Crippen molar-refractivity contribution in [2.45, 2.75) is 51.3 Å². The molecule has 1 amide bonds. The fraction of sp³-hybridized carbons (Fsp3) is 0.542. The van der Waals surface area contributed by atoms with E-state index in [2.05, 4.69) is 39.6 Å². The highest BCUT2D eigenvalue weighted by Crippen LogP contribution is 2.35. The molecule has 1 saturated heterocycles. The number of nitrogens with two attached hydrogens (primary N) is 1. The zero-order chi connectivity index (χ0) is 23.6. The molecule has 33 heavy (non-hydrogen) atoms. The van der Waals surface area contributed by atoms with E-state index in [1.165, 1.54) is 11.9 Å².